The van der Waals surface area contributed by atoms with E-state index in [-0.39, 0.29) is 12.5 Å². The summed E-state index contributed by atoms with van der Waals surface area (Å²) >= 11 is 1.61. The Morgan fingerprint density at radius 2 is 1.79 bits per heavy atom. The van der Waals surface area contributed by atoms with E-state index < -0.39 is 6.43 Å². The number of halogens is 2. The number of carbonyl (C=O) groups excluding carboxylic acids is 1. The molecule has 24 heavy (non-hydrogen) atoms. The Balaban J connectivity index is 1.79. The van der Waals surface area contributed by atoms with Crippen LogP contribution in [0.1, 0.15) is 20.8 Å². The van der Waals surface area contributed by atoms with Crippen LogP contribution in [-0.4, -0.2) is 59.4 Å². The number of aromatic nitrogens is 1. The average molecular weight is 353 g/mol. The molecule has 0 atom stereocenters. The summed E-state index contributed by atoms with van der Waals surface area (Å²) in [6, 6.07) is 3.86. The Morgan fingerprint density at radius 3 is 2.38 bits per heavy atom. The summed E-state index contributed by atoms with van der Waals surface area (Å²) in [4.78, 5) is 17.7. The second-order valence-corrected chi connectivity index (χ2v) is 7.24. The van der Waals surface area contributed by atoms with E-state index >= 15 is 0 Å². The molecule has 1 fully saturated rings. The van der Waals surface area contributed by atoms with Crippen molar-refractivity contribution in [1.29, 1.82) is 0 Å². The van der Waals surface area contributed by atoms with Crippen LogP contribution in [0, 0.1) is 13.8 Å². The molecule has 2 aromatic heterocycles. The predicted molar refractivity (Wildman–Crippen MR) is 91.5 cm³/mol. The fourth-order valence-corrected chi connectivity index (χ4v) is 4.11. The van der Waals surface area contributed by atoms with Crippen molar-refractivity contribution >= 4 is 17.2 Å². The molecule has 3 rings (SSSR count). The summed E-state index contributed by atoms with van der Waals surface area (Å²) in [6.07, 6.45) is 1.54. The molecule has 0 bridgehead atoms. The lowest BCUT2D eigenvalue weighted by atomic mass is 10.1. The highest BCUT2D eigenvalue weighted by Crippen LogP contribution is 2.32. The van der Waals surface area contributed by atoms with Crippen molar-refractivity contribution in [2.24, 2.45) is 0 Å². The summed E-state index contributed by atoms with van der Waals surface area (Å²) in [6.45, 7) is 5.75. The van der Waals surface area contributed by atoms with Gasteiger partial charge in [0.2, 0.25) is 0 Å². The van der Waals surface area contributed by atoms with E-state index in [1.807, 2.05) is 42.9 Å². The number of thiophene rings is 1. The first-order valence-electron chi connectivity index (χ1n) is 8.00. The maximum absolute atomic E-state index is 13.0. The first-order chi connectivity index (χ1) is 11.5. The van der Waals surface area contributed by atoms with E-state index in [9.17, 15) is 13.6 Å². The van der Waals surface area contributed by atoms with Crippen LogP contribution < -0.4 is 0 Å². The molecular formula is C17H21F2N3OS. The third-order valence-electron chi connectivity index (χ3n) is 4.48. The highest BCUT2D eigenvalue weighted by molar-refractivity contribution is 7.15. The van der Waals surface area contributed by atoms with Crippen LogP contribution in [0.3, 0.4) is 0 Å². The summed E-state index contributed by atoms with van der Waals surface area (Å²) in [5.74, 6) is -0.00255. The number of carbonyl (C=O) groups is 1. The van der Waals surface area contributed by atoms with Crippen LogP contribution in [-0.2, 0) is 0 Å². The minimum atomic E-state index is -2.32. The van der Waals surface area contributed by atoms with Crippen molar-refractivity contribution in [3.63, 3.8) is 0 Å². The molecule has 1 saturated heterocycles. The summed E-state index contributed by atoms with van der Waals surface area (Å²) < 4.78 is 26.9. The molecular weight excluding hydrogens is 332 g/mol. The second kappa shape index (κ2) is 7.03. The molecule has 0 spiro atoms. The Hall–Kier alpha value is -1.73. The molecule has 4 nitrogen and oxygen atoms in total. The monoisotopic (exact) mass is 353 g/mol. The number of amides is 1. The van der Waals surface area contributed by atoms with Crippen molar-refractivity contribution in [3.8, 4) is 5.00 Å². The Morgan fingerprint density at radius 1 is 1.17 bits per heavy atom. The van der Waals surface area contributed by atoms with Gasteiger partial charge in [0.25, 0.3) is 12.3 Å². The molecule has 7 heteroatoms. The van der Waals surface area contributed by atoms with Crippen molar-refractivity contribution in [1.82, 2.24) is 14.4 Å². The third kappa shape index (κ3) is 3.37. The van der Waals surface area contributed by atoms with Crippen molar-refractivity contribution in [3.05, 3.63) is 40.5 Å². The van der Waals surface area contributed by atoms with Gasteiger partial charge in [0, 0.05) is 43.4 Å². The average Bonchev–Trinajstić information content (AvgIpc) is 3.16. The second-order valence-electron chi connectivity index (χ2n) is 6.04. The number of nitrogens with zero attached hydrogens (tertiary/aromatic N) is 3. The molecule has 1 amide bonds. The molecule has 3 heterocycles. The summed E-state index contributed by atoms with van der Waals surface area (Å²) in [5, 5.41) is 0.926. The van der Waals surface area contributed by atoms with Gasteiger partial charge in [0.05, 0.1) is 12.1 Å². The SMILES string of the molecule is Cc1sc(-n2cccc2)c(C(=O)N2CCN(CC(F)F)CC2)c1C. The van der Waals surface area contributed by atoms with Crippen LogP contribution in [0.4, 0.5) is 8.78 Å². The molecule has 130 valence electrons. The van der Waals surface area contributed by atoms with E-state index in [4.69, 9.17) is 0 Å². The molecule has 2 aromatic rings. The number of rotatable bonds is 4. The fraction of sp³-hybridized carbons (Fsp3) is 0.471. The standard InChI is InChI=1S/C17H21F2N3OS/c1-12-13(2)24-17(22-5-3-4-6-22)15(12)16(23)21-9-7-20(8-10-21)11-14(18)19/h3-6,14H,7-11H2,1-2H3. The summed E-state index contributed by atoms with van der Waals surface area (Å²) in [7, 11) is 0. The summed E-state index contributed by atoms with van der Waals surface area (Å²) in [5.41, 5.74) is 1.74. The Kier molecular flexibility index (Phi) is 5.01. The van der Waals surface area contributed by atoms with Crippen molar-refractivity contribution < 1.29 is 13.6 Å². The van der Waals surface area contributed by atoms with Crippen LogP contribution >= 0.6 is 11.3 Å². The highest BCUT2D eigenvalue weighted by Gasteiger charge is 2.28. The smallest absolute Gasteiger partial charge is 0.257 e. The van der Waals surface area contributed by atoms with Gasteiger partial charge in [0.1, 0.15) is 5.00 Å². The van der Waals surface area contributed by atoms with Gasteiger partial charge in [-0.3, -0.25) is 9.69 Å². The lowest BCUT2D eigenvalue weighted by Gasteiger charge is -2.34. The third-order valence-corrected chi connectivity index (χ3v) is 5.70. The topological polar surface area (TPSA) is 28.5 Å². The van der Waals surface area contributed by atoms with Crippen molar-refractivity contribution in [2.75, 3.05) is 32.7 Å². The molecule has 0 N–H and O–H groups in total. The van der Waals surface area contributed by atoms with E-state index in [0.29, 0.717) is 26.2 Å². The van der Waals surface area contributed by atoms with E-state index in [0.717, 1.165) is 21.0 Å². The number of piperazine rings is 1. The minimum Gasteiger partial charge on any atom is -0.336 e. The van der Waals surface area contributed by atoms with Gasteiger partial charge in [-0.05, 0) is 31.5 Å². The number of hydrogen-bond acceptors (Lipinski definition) is 3. The van der Waals surface area contributed by atoms with Gasteiger partial charge < -0.3 is 9.47 Å². The van der Waals surface area contributed by atoms with Gasteiger partial charge in [-0.2, -0.15) is 0 Å². The van der Waals surface area contributed by atoms with Crippen LogP contribution in [0.15, 0.2) is 24.5 Å². The molecule has 1 aliphatic heterocycles. The number of aryl methyl sites for hydroxylation is 1. The Bertz CT molecular complexity index is 704. The van der Waals surface area contributed by atoms with E-state index in [1.165, 1.54) is 0 Å². The molecule has 0 aliphatic carbocycles. The lowest BCUT2D eigenvalue weighted by Crippen LogP contribution is -2.49. The molecule has 1 aliphatic rings. The van der Waals surface area contributed by atoms with E-state index in [2.05, 4.69) is 0 Å². The van der Waals surface area contributed by atoms with Gasteiger partial charge in [0.15, 0.2) is 0 Å². The number of alkyl halides is 2. The molecule has 0 saturated carbocycles. The quantitative estimate of drug-likeness (QED) is 0.845. The molecule has 0 aromatic carbocycles. The normalized spacial score (nSPS) is 16.1. The zero-order chi connectivity index (χ0) is 17.3. The molecule has 0 unspecified atom stereocenters. The zero-order valence-electron chi connectivity index (χ0n) is 13.8. The van der Waals surface area contributed by atoms with Gasteiger partial charge in [-0.1, -0.05) is 0 Å². The zero-order valence-corrected chi connectivity index (χ0v) is 14.7. The Labute approximate surface area is 144 Å². The van der Waals surface area contributed by atoms with Gasteiger partial charge >= 0.3 is 0 Å². The maximum atomic E-state index is 13.0. The number of hydrogen-bond donors (Lipinski definition) is 0. The largest absolute Gasteiger partial charge is 0.336 e. The fourth-order valence-electron chi connectivity index (χ4n) is 3.00. The van der Waals surface area contributed by atoms with Gasteiger partial charge in [-0.15, -0.1) is 11.3 Å². The van der Waals surface area contributed by atoms with Gasteiger partial charge in [-0.25, -0.2) is 8.78 Å². The van der Waals surface area contributed by atoms with Crippen LogP contribution in [0.2, 0.25) is 0 Å². The first-order valence-corrected chi connectivity index (χ1v) is 8.82. The molecule has 0 radical (unpaired) electrons. The lowest BCUT2D eigenvalue weighted by molar-refractivity contribution is 0.0459. The van der Waals surface area contributed by atoms with E-state index in [1.54, 1.807) is 21.1 Å². The maximum Gasteiger partial charge on any atom is 0.257 e. The first kappa shape index (κ1) is 17.1. The predicted octanol–water partition coefficient (Wildman–Crippen LogP) is 3.18. The minimum absolute atomic E-state index is 0.00255. The highest BCUT2D eigenvalue weighted by atomic mass is 32.1. The van der Waals surface area contributed by atoms with Crippen LogP contribution in [0.5, 0.6) is 0 Å². The van der Waals surface area contributed by atoms with Crippen molar-refractivity contribution in [2.45, 2.75) is 20.3 Å². The van der Waals surface area contributed by atoms with Crippen LogP contribution in [0.25, 0.3) is 5.00 Å².